The van der Waals surface area contributed by atoms with Gasteiger partial charge < -0.3 is 29.9 Å². The van der Waals surface area contributed by atoms with Crippen molar-refractivity contribution < 1.29 is 83.8 Å². The van der Waals surface area contributed by atoms with Crippen LogP contribution in [0.1, 0.15) is 5.56 Å². The van der Waals surface area contributed by atoms with Gasteiger partial charge in [-0.25, -0.2) is 14.4 Å². The molecular weight excluding hydrogens is 621 g/mol. The second-order valence-corrected chi connectivity index (χ2v) is 8.56. The molecule has 248 valence electrons. The summed E-state index contributed by atoms with van der Waals surface area (Å²) in [5.74, 6) is -8.27. The quantitative estimate of drug-likeness (QED) is 0.350. The number of ether oxygens (including phenoxy) is 2. The van der Waals surface area contributed by atoms with Gasteiger partial charge in [-0.3, -0.25) is 14.8 Å². The van der Waals surface area contributed by atoms with Crippen LogP contribution in [0.5, 0.6) is 0 Å². The van der Waals surface area contributed by atoms with E-state index in [1.165, 1.54) is 5.56 Å². The van der Waals surface area contributed by atoms with Gasteiger partial charge in [0.2, 0.25) is 0 Å². The molecule has 2 fully saturated rings. The molecule has 43 heavy (non-hydrogen) atoms. The Labute approximate surface area is 237 Å². The van der Waals surface area contributed by atoms with Gasteiger partial charge >= 0.3 is 36.4 Å². The van der Waals surface area contributed by atoms with E-state index in [0.29, 0.717) is 19.8 Å². The molecule has 1 aromatic heterocycles. The molecule has 1 aromatic rings. The van der Waals surface area contributed by atoms with Crippen molar-refractivity contribution in [1.29, 1.82) is 0 Å². The number of pyridine rings is 1. The normalized spacial score (nSPS) is 19.8. The number of carbonyl (C=O) groups is 3. The Balaban J connectivity index is 0.000000690. The molecule has 1 spiro atoms. The van der Waals surface area contributed by atoms with Crippen molar-refractivity contribution in [3.8, 4) is 0 Å². The average Bonchev–Trinajstić information content (AvgIpc) is 3.06. The van der Waals surface area contributed by atoms with E-state index >= 15 is 0 Å². The summed E-state index contributed by atoms with van der Waals surface area (Å²) in [6, 6.07) is 4.07. The Bertz CT molecular complexity index is 937. The topological polar surface area (TPSA) is 170 Å². The fourth-order valence-electron chi connectivity index (χ4n) is 3.31. The molecule has 1 unspecified atom stereocenters. The molecule has 3 rings (SSSR count). The number of β-amino-alcohol motifs (C(OH)–C–C–N with tert-alkyl or cyclic N) is 1. The summed E-state index contributed by atoms with van der Waals surface area (Å²) in [7, 11) is 0. The lowest BCUT2D eigenvalue weighted by Gasteiger charge is -2.43. The number of aliphatic hydroxyl groups is 1. The summed E-state index contributed by atoms with van der Waals surface area (Å²) in [4.78, 5) is 35.5. The summed E-state index contributed by atoms with van der Waals surface area (Å²) in [6.45, 7) is 7.26. The third-order valence-corrected chi connectivity index (χ3v) is 5.03. The van der Waals surface area contributed by atoms with E-state index in [1.54, 1.807) is 6.20 Å². The van der Waals surface area contributed by atoms with Gasteiger partial charge in [0.15, 0.2) is 0 Å². The van der Waals surface area contributed by atoms with Crippen molar-refractivity contribution in [2.75, 3.05) is 59.2 Å². The molecule has 0 bridgehead atoms. The van der Waals surface area contributed by atoms with Gasteiger partial charge in [0, 0.05) is 51.7 Å². The molecule has 3 heterocycles. The fourth-order valence-corrected chi connectivity index (χ4v) is 3.31. The number of carboxylic acids is 3. The number of alkyl halides is 9. The van der Waals surface area contributed by atoms with Crippen LogP contribution in [0.15, 0.2) is 24.5 Å². The molecule has 0 aromatic carbocycles. The summed E-state index contributed by atoms with van der Waals surface area (Å²) in [6.07, 6.45) is -11.5. The minimum Gasteiger partial charge on any atom is -0.475 e. The van der Waals surface area contributed by atoms with Crippen molar-refractivity contribution in [3.05, 3.63) is 30.1 Å². The number of rotatable bonds is 4. The molecule has 0 amide bonds. The van der Waals surface area contributed by atoms with Crippen LogP contribution in [0.25, 0.3) is 0 Å². The number of aromatic nitrogens is 1. The fraction of sp³-hybridized carbons (Fsp3) is 0.636. The van der Waals surface area contributed by atoms with Crippen LogP contribution in [0.4, 0.5) is 39.5 Å². The first-order chi connectivity index (χ1) is 19.6. The maximum absolute atomic E-state index is 10.6. The molecule has 0 saturated carbocycles. The first kappa shape index (κ1) is 39.7. The minimum atomic E-state index is -5.08. The lowest BCUT2D eigenvalue weighted by molar-refractivity contribution is -0.193. The lowest BCUT2D eigenvalue weighted by atomic mass is 10.0. The predicted octanol–water partition coefficient (Wildman–Crippen LogP) is 1.88. The van der Waals surface area contributed by atoms with Crippen molar-refractivity contribution in [3.63, 3.8) is 0 Å². The zero-order chi connectivity index (χ0) is 33.5. The monoisotopic (exact) mass is 649 g/mol. The molecule has 2 aliphatic heterocycles. The van der Waals surface area contributed by atoms with Gasteiger partial charge in [-0.2, -0.15) is 39.5 Å². The van der Waals surface area contributed by atoms with Crippen LogP contribution >= 0.6 is 0 Å². The average molecular weight is 649 g/mol. The minimum absolute atomic E-state index is 0.191. The number of morpholine rings is 1. The van der Waals surface area contributed by atoms with Gasteiger partial charge in [-0.1, -0.05) is 6.07 Å². The first-order valence-electron chi connectivity index (χ1n) is 11.7. The number of hydrogen-bond donors (Lipinski definition) is 4. The number of aliphatic hydroxyl groups excluding tert-OH is 1. The highest BCUT2D eigenvalue weighted by molar-refractivity contribution is 5.73. The summed E-state index contributed by atoms with van der Waals surface area (Å²) in [5, 5.41) is 30.6. The molecule has 4 N–H and O–H groups in total. The van der Waals surface area contributed by atoms with Gasteiger partial charge in [-0.15, -0.1) is 0 Å². The van der Waals surface area contributed by atoms with Crippen LogP contribution in [0.2, 0.25) is 0 Å². The second-order valence-electron chi connectivity index (χ2n) is 8.56. The standard InChI is InChI=1S/C16H25N3O3.3C2HF3O2/c20-7-4-18-6-9-22-16(12-18)13-19(5-8-21-14-16)11-15-2-1-3-17-10-15;3*3-2(4,5)1(6)7/h1-3,10,20H,4-9,11-14H2;3*(H,6,7). The van der Waals surface area contributed by atoms with E-state index in [1.807, 2.05) is 12.3 Å². The lowest BCUT2D eigenvalue weighted by Crippen LogP contribution is -2.58. The van der Waals surface area contributed by atoms with E-state index in [0.717, 1.165) is 39.3 Å². The van der Waals surface area contributed by atoms with Crippen molar-refractivity contribution in [1.82, 2.24) is 14.8 Å². The van der Waals surface area contributed by atoms with Gasteiger partial charge in [0.25, 0.3) is 0 Å². The first-order valence-corrected chi connectivity index (χ1v) is 11.7. The summed E-state index contributed by atoms with van der Waals surface area (Å²) < 4.78 is 107. The summed E-state index contributed by atoms with van der Waals surface area (Å²) in [5.41, 5.74) is 0.925. The molecule has 2 aliphatic rings. The Morgan fingerprint density at radius 3 is 1.72 bits per heavy atom. The Morgan fingerprint density at radius 2 is 1.30 bits per heavy atom. The van der Waals surface area contributed by atoms with Crippen LogP contribution in [0.3, 0.4) is 0 Å². The molecule has 12 nitrogen and oxygen atoms in total. The Kier molecular flexibility index (Phi) is 16.4. The van der Waals surface area contributed by atoms with Crippen LogP contribution < -0.4 is 0 Å². The highest BCUT2D eigenvalue weighted by Gasteiger charge is 2.41. The van der Waals surface area contributed by atoms with Crippen molar-refractivity contribution in [2.45, 2.75) is 30.7 Å². The largest absolute Gasteiger partial charge is 0.490 e. The molecular formula is C22H28F9N3O9. The highest BCUT2D eigenvalue weighted by atomic mass is 19.4. The third-order valence-electron chi connectivity index (χ3n) is 5.03. The zero-order valence-electron chi connectivity index (χ0n) is 22.0. The highest BCUT2D eigenvalue weighted by Crippen LogP contribution is 2.23. The van der Waals surface area contributed by atoms with E-state index in [-0.39, 0.29) is 12.2 Å². The van der Waals surface area contributed by atoms with Gasteiger partial charge in [0.1, 0.15) is 5.60 Å². The summed E-state index contributed by atoms with van der Waals surface area (Å²) >= 11 is 0. The van der Waals surface area contributed by atoms with Crippen LogP contribution in [-0.4, -0.2) is 136 Å². The maximum atomic E-state index is 10.6. The second kappa shape index (κ2) is 17.8. The number of hydrogen-bond acceptors (Lipinski definition) is 9. The van der Waals surface area contributed by atoms with Crippen LogP contribution in [-0.2, 0) is 30.4 Å². The van der Waals surface area contributed by atoms with E-state index in [9.17, 15) is 44.6 Å². The van der Waals surface area contributed by atoms with Crippen molar-refractivity contribution in [2.24, 2.45) is 0 Å². The SMILES string of the molecule is O=C(O)C(F)(F)F.O=C(O)C(F)(F)F.O=C(O)C(F)(F)F.OCCN1CCOC2(COCCN(Cc3cccnc3)C2)C1. The van der Waals surface area contributed by atoms with Gasteiger partial charge in [0.05, 0.1) is 26.4 Å². The number of nitrogens with zero attached hydrogens (tertiary/aromatic N) is 3. The molecule has 2 saturated heterocycles. The zero-order valence-corrected chi connectivity index (χ0v) is 22.0. The maximum Gasteiger partial charge on any atom is 0.490 e. The molecule has 21 heteroatoms. The Hall–Kier alpha value is -3.27. The number of aliphatic carboxylic acids is 3. The van der Waals surface area contributed by atoms with Crippen molar-refractivity contribution >= 4 is 17.9 Å². The Morgan fingerprint density at radius 1 is 0.837 bits per heavy atom. The smallest absolute Gasteiger partial charge is 0.475 e. The number of carboxylic acid groups (broad SMARTS) is 3. The van der Waals surface area contributed by atoms with E-state index in [4.69, 9.17) is 39.2 Å². The molecule has 1 atom stereocenters. The molecule has 0 aliphatic carbocycles. The van der Waals surface area contributed by atoms with Gasteiger partial charge in [-0.05, 0) is 11.6 Å². The third kappa shape index (κ3) is 17.4. The number of halogens is 9. The molecule has 0 radical (unpaired) electrons. The van der Waals surface area contributed by atoms with E-state index < -0.39 is 36.4 Å². The predicted molar refractivity (Wildman–Crippen MR) is 124 cm³/mol. The van der Waals surface area contributed by atoms with Crippen LogP contribution in [0, 0.1) is 0 Å². The van der Waals surface area contributed by atoms with E-state index in [2.05, 4.69) is 20.9 Å².